The molecule has 1 saturated heterocycles. The number of carbonyl (C=O) groups is 1. The molecule has 2 aromatic carbocycles. The first-order chi connectivity index (χ1) is 18.0. The Labute approximate surface area is 227 Å². The minimum absolute atomic E-state index is 0.0587. The van der Waals surface area contributed by atoms with E-state index in [-0.39, 0.29) is 23.6 Å². The fraction of sp³-hybridized carbons (Fsp3) is 0.464. The predicted molar refractivity (Wildman–Crippen MR) is 134 cm³/mol. The maximum atomic E-state index is 13.4. The zero-order valence-electron chi connectivity index (χ0n) is 21.8. The quantitative estimate of drug-likeness (QED) is 0.334. The maximum absolute atomic E-state index is 13.4. The van der Waals surface area contributed by atoms with Crippen LogP contribution in [-0.2, 0) is 17.1 Å². The molecule has 0 saturated carbocycles. The highest BCUT2D eigenvalue weighted by atomic mass is 35.5. The molecule has 4 nitrogen and oxygen atoms in total. The van der Waals surface area contributed by atoms with Crippen LogP contribution in [0.1, 0.15) is 68.4 Å². The van der Waals surface area contributed by atoms with Crippen LogP contribution in [0.2, 0.25) is 5.02 Å². The average molecular weight is 576 g/mol. The SMILES string of the molecule is COc1cc(Cl)cc(C2=C(CN3C(=O)O[C@H](c4cc(C(F)(F)F)cc(C(F)(F)F)c4)[C@@H]3C)CC(C)(C)CC2)c1. The predicted octanol–water partition coefficient (Wildman–Crippen LogP) is 8.93. The number of halogens is 7. The first-order valence-electron chi connectivity index (χ1n) is 12.3. The molecular weight excluding hydrogens is 548 g/mol. The Morgan fingerprint density at radius 1 is 1.03 bits per heavy atom. The van der Waals surface area contributed by atoms with E-state index < -0.39 is 41.7 Å². The van der Waals surface area contributed by atoms with Crippen molar-refractivity contribution in [2.75, 3.05) is 13.7 Å². The molecule has 0 N–H and O–H groups in total. The molecule has 0 unspecified atom stereocenters. The van der Waals surface area contributed by atoms with Crippen molar-refractivity contribution >= 4 is 23.3 Å². The van der Waals surface area contributed by atoms with E-state index in [0.29, 0.717) is 35.7 Å². The second kappa shape index (κ2) is 10.3. The van der Waals surface area contributed by atoms with E-state index in [9.17, 15) is 31.1 Å². The van der Waals surface area contributed by atoms with Gasteiger partial charge in [0.2, 0.25) is 0 Å². The third-order valence-electron chi connectivity index (χ3n) is 7.32. The summed E-state index contributed by atoms with van der Waals surface area (Å²) in [6.07, 6.45) is -9.95. The summed E-state index contributed by atoms with van der Waals surface area (Å²) < 4.78 is 91.3. The number of cyclic esters (lactones) is 1. The van der Waals surface area contributed by atoms with Crippen molar-refractivity contribution in [3.05, 3.63) is 69.2 Å². The van der Waals surface area contributed by atoms with E-state index in [0.717, 1.165) is 23.1 Å². The summed E-state index contributed by atoms with van der Waals surface area (Å²) in [5.41, 5.74) is -0.647. The van der Waals surface area contributed by atoms with Crippen LogP contribution in [0.15, 0.2) is 42.0 Å². The topological polar surface area (TPSA) is 38.8 Å². The molecule has 0 aromatic heterocycles. The summed E-state index contributed by atoms with van der Waals surface area (Å²) >= 11 is 6.30. The van der Waals surface area contributed by atoms with Gasteiger partial charge in [-0.2, -0.15) is 26.3 Å². The van der Waals surface area contributed by atoms with Crippen molar-refractivity contribution in [2.24, 2.45) is 5.41 Å². The smallest absolute Gasteiger partial charge is 0.416 e. The number of ether oxygens (including phenoxy) is 2. The minimum atomic E-state index is -5.01. The zero-order valence-corrected chi connectivity index (χ0v) is 22.5. The van der Waals surface area contributed by atoms with Gasteiger partial charge in [-0.1, -0.05) is 25.4 Å². The third kappa shape index (κ3) is 6.31. The van der Waals surface area contributed by atoms with Crippen LogP contribution in [0, 0.1) is 5.41 Å². The molecule has 1 fully saturated rings. The Morgan fingerprint density at radius 3 is 2.21 bits per heavy atom. The fourth-order valence-electron chi connectivity index (χ4n) is 5.28. The highest BCUT2D eigenvalue weighted by molar-refractivity contribution is 6.30. The number of alkyl halides is 6. The molecule has 0 radical (unpaired) electrons. The van der Waals surface area contributed by atoms with Gasteiger partial charge in [-0.3, -0.25) is 4.90 Å². The number of hydrogen-bond acceptors (Lipinski definition) is 3. The monoisotopic (exact) mass is 575 g/mol. The number of amides is 1. The highest BCUT2D eigenvalue weighted by Gasteiger charge is 2.44. The van der Waals surface area contributed by atoms with E-state index in [2.05, 4.69) is 13.8 Å². The summed E-state index contributed by atoms with van der Waals surface area (Å²) in [7, 11) is 1.52. The van der Waals surface area contributed by atoms with Gasteiger partial charge >= 0.3 is 18.4 Å². The molecule has 1 aliphatic heterocycles. The largest absolute Gasteiger partial charge is 0.497 e. The second-order valence-corrected chi connectivity index (χ2v) is 11.3. The van der Waals surface area contributed by atoms with Gasteiger partial charge in [0.1, 0.15) is 11.9 Å². The lowest BCUT2D eigenvalue weighted by atomic mass is 9.72. The minimum Gasteiger partial charge on any atom is -0.497 e. The molecule has 212 valence electrons. The van der Waals surface area contributed by atoms with E-state index >= 15 is 0 Å². The molecule has 1 aliphatic carbocycles. The summed E-state index contributed by atoms with van der Waals surface area (Å²) in [6.45, 7) is 5.85. The molecule has 4 rings (SSSR count). The normalized spacial score (nSPS) is 21.8. The number of carbonyl (C=O) groups excluding carboxylic acids is 1. The molecule has 2 aliphatic rings. The maximum Gasteiger partial charge on any atom is 0.416 e. The van der Waals surface area contributed by atoms with Crippen LogP contribution in [0.5, 0.6) is 5.75 Å². The van der Waals surface area contributed by atoms with E-state index in [4.69, 9.17) is 21.1 Å². The summed E-state index contributed by atoms with van der Waals surface area (Å²) in [5.74, 6) is 0.563. The number of nitrogens with zero attached hydrogens (tertiary/aromatic N) is 1. The number of hydrogen-bond donors (Lipinski definition) is 0. The Bertz CT molecular complexity index is 1270. The van der Waals surface area contributed by atoms with E-state index in [1.165, 1.54) is 12.0 Å². The van der Waals surface area contributed by atoms with Crippen molar-refractivity contribution < 1.29 is 40.6 Å². The van der Waals surface area contributed by atoms with Crippen LogP contribution < -0.4 is 4.74 Å². The van der Waals surface area contributed by atoms with Gasteiger partial charge in [0.25, 0.3) is 0 Å². The van der Waals surface area contributed by atoms with Crippen LogP contribution >= 0.6 is 11.6 Å². The lowest BCUT2D eigenvalue weighted by Crippen LogP contribution is -2.35. The lowest BCUT2D eigenvalue weighted by Gasteiger charge is -2.35. The molecule has 11 heteroatoms. The van der Waals surface area contributed by atoms with E-state index in [1.807, 2.05) is 6.07 Å². The van der Waals surface area contributed by atoms with Gasteiger partial charge in [0.15, 0.2) is 0 Å². The van der Waals surface area contributed by atoms with Gasteiger partial charge in [0, 0.05) is 11.6 Å². The molecule has 0 spiro atoms. The zero-order chi connectivity index (χ0) is 28.9. The van der Waals surface area contributed by atoms with Crippen LogP contribution in [0.3, 0.4) is 0 Å². The molecule has 2 atom stereocenters. The van der Waals surface area contributed by atoms with Gasteiger partial charge in [-0.05, 0) is 90.3 Å². The number of allylic oxidation sites excluding steroid dienone is 1. The van der Waals surface area contributed by atoms with Gasteiger partial charge in [-0.15, -0.1) is 0 Å². The van der Waals surface area contributed by atoms with Crippen molar-refractivity contribution in [1.29, 1.82) is 0 Å². The first kappa shape index (κ1) is 29.1. The Morgan fingerprint density at radius 2 is 1.64 bits per heavy atom. The first-order valence-corrected chi connectivity index (χ1v) is 12.7. The summed E-state index contributed by atoms with van der Waals surface area (Å²) in [5, 5.41) is 0.472. The van der Waals surface area contributed by atoms with Crippen LogP contribution in [-0.4, -0.2) is 30.7 Å². The number of benzene rings is 2. The summed E-state index contributed by atoms with van der Waals surface area (Å²) in [4.78, 5) is 14.3. The molecule has 1 amide bonds. The molecule has 39 heavy (non-hydrogen) atoms. The standard InChI is InChI=1S/C28H28ClF6NO3/c1-15-24(17-7-19(27(30,31)32)11-20(8-17)28(33,34)35)39-25(37)36(15)14-18-13-26(2,3)6-5-23(18)16-9-21(29)12-22(10-16)38-4/h7-12,15,24H,5-6,13-14H2,1-4H3/t15-,24-/m0/s1. The number of methoxy groups -OCH3 is 1. The molecular formula is C28H28ClF6NO3. The van der Waals surface area contributed by atoms with Crippen molar-refractivity contribution in [2.45, 2.75) is 64.5 Å². The molecule has 2 aromatic rings. The third-order valence-corrected chi connectivity index (χ3v) is 7.54. The summed E-state index contributed by atoms with van der Waals surface area (Å²) in [6, 6.07) is 5.77. The van der Waals surface area contributed by atoms with Crippen molar-refractivity contribution in [3.8, 4) is 5.75 Å². The highest BCUT2D eigenvalue weighted by Crippen LogP contribution is 2.46. The fourth-order valence-corrected chi connectivity index (χ4v) is 5.50. The van der Waals surface area contributed by atoms with Gasteiger partial charge in [0.05, 0.1) is 24.3 Å². The Hall–Kier alpha value is -2.88. The van der Waals surface area contributed by atoms with Crippen molar-refractivity contribution in [1.82, 2.24) is 4.90 Å². The second-order valence-electron chi connectivity index (χ2n) is 10.8. The Balaban J connectivity index is 1.71. The van der Waals surface area contributed by atoms with Gasteiger partial charge < -0.3 is 9.47 Å². The lowest BCUT2D eigenvalue weighted by molar-refractivity contribution is -0.143. The van der Waals surface area contributed by atoms with Crippen LogP contribution in [0.25, 0.3) is 5.57 Å². The molecule has 0 bridgehead atoms. The van der Waals surface area contributed by atoms with Crippen LogP contribution in [0.4, 0.5) is 31.1 Å². The van der Waals surface area contributed by atoms with Crippen molar-refractivity contribution in [3.63, 3.8) is 0 Å². The average Bonchev–Trinajstić information content (AvgIpc) is 3.10. The molecule has 1 heterocycles. The Kier molecular flexibility index (Phi) is 7.66. The number of rotatable bonds is 5. The van der Waals surface area contributed by atoms with Gasteiger partial charge in [-0.25, -0.2) is 4.79 Å². The van der Waals surface area contributed by atoms with E-state index in [1.54, 1.807) is 19.1 Å².